The van der Waals surface area contributed by atoms with Crippen LogP contribution in [0.3, 0.4) is 0 Å². The fraction of sp³-hybridized carbons (Fsp3) is 0.667. The molecule has 0 bridgehead atoms. The highest BCUT2D eigenvalue weighted by Crippen LogP contribution is 2.32. The second-order valence-corrected chi connectivity index (χ2v) is 31.4. The number of rotatable bonds is 45. The summed E-state index contributed by atoms with van der Waals surface area (Å²) in [5.41, 5.74) is 27.2. The third-order valence-electron chi connectivity index (χ3n) is 22.6. The molecule has 7 aliphatic rings. The first-order chi connectivity index (χ1) is 58.6. The highest BCUT2D eigenvalue weighted by molar-refractivity contribution is 6.01. The largest absolute Gasteiger partial charge is 0.480 e. The van der Waals surface area contributed by atoms with Crippen LogP contribution in [-0.4, -0.2) is 332 Å². The van der Waals surface area contributed by atoms with Gasteiger partial charge in [0.25, 0.3) is 0 Å². The zero-order chi connectivity index (χ0) is 89.7. The van der Waals surface area contributed by atoms with Crippen LogP contribution in [0.25, 0.3) is 0 Å². The van der Waals surface area contributed by atoms with E-state index in [9.17, 15) is 106 Å². The third kappa shape index (κ3) is 27.9. The van der Waals surface area contributed by atoms with Crippen molar-refractivity contribution in [3.8, 4) is 0 Å². The number of nitrogens with zero attached hydrogens (tertiary/aromatic N) is 7. The quantitative estimate of drug-likeness (QED) is 0.0164. The zero-order valence-corrected chi connectivity index (χ0v) is 68.4. The van der Waals surface area contributed by atoms with Gasteiger partial charge in [-0.2, -0.15) is 0 Å². The predicted octanol–water partition coefficient (Wildman–Crippen LogP) is -10.6. The maximum absolute atomic E-state index is 14.8. The molecule has 8 heterocycles. The number of aliphatic carboxylic acids is 1. The summed E-state index contributed by atoms with van der Waals surface area (Å²) in [4.78, 5) is 298. The van der Waals surface area contributed by atoms with Crippen molar-refractivity contribution >= 4 is 130 Å². The number of nitrogens with two attached hydrogens (primary N) is 5. The van der Waals surface area contributed by atoms with Gasteiger partial charge in [-0.1, -0.05) is 0 Å². The number of primary amides is 4. The van der Waals surface area contributed by atoms with E-state index >= 15 is 0 Å². The molecular weight excluding hydrogens is 1620 g/mol. The zero-order valence-electron chi connectivity index (χ0n) is 68.4. The number of H-pyrrole nitrogens is 1. The molecule has 0 radical (unpaired) electrons. The van der Waals surface area contributed by atoms with E-state index in [0.717, 1.165) is 6.42 Å². The van der Waals surface area contributed by atoms with E-state index in [1.165, 1.54) is 41.9 Å². The van der Waals surface area contributed by atoms with Crippen molar-refractivity contribution in [2.45, 2.75) is 239 Å². The Labute approximate surface area is 706 Å². The van der Waals surface area contributed by atoms with Crippen molar-refractivity contribution in [2.75, 3.05) is 78.5 Å². The number of aromatic amines is 1. The number of aromatic nitrogens is 2. The SMILES string of the molecule is N=C(N)NCCC[C@H](NC(=O)CNC(=O)[C@H](CCC(N)=O)NC(=O)[C@@H]1CCCN1C(=O)[C@@H]1CCCN1C(=O)[C@@H]1CCCN1C(=O)[C@@H]1CCCN1C(=O)[C@H](Cc1c[nH]cn1)NC(=O)CNC(=O)CNC(=O)[C@H](CCC(N)=O)NC(=O)[C@H](CCC(N)=O)NC(=O)[C@@H]1CCCN1C(=O)[C@@H]1CCCN1C(=O)CNC(=O)[C@H](CCC(N)=O)NC(=O)[C@@H]1CCCN1)C(=O)O. The summed E-state index contributed by atoms with van der Waals surface area (Å²) in [5.74, 6) is -17.4. The number of carbonyl (C=O) groups excluding carboxylic acids is 20. The lowest BCUT2D eigenvalue weighted by Gasteiger charge is -2.36. The van der Waals surface area contributed by atoms with Gasteiger partial charge in [-0.3, -0.25) is 101 Å². The lowest BCUT2D eigenvalue weighted by atomic mass is 10.1. The van der Waals surface area contributed by atoms with E-state index in [0.29, 0.717) is 57.2 Å². The second kappa shape index (κ2) is 46.4. The van der Waals surface area contributed by atoms with Crippen LogP contribution in [-0.2, 0) is 107 Å². The molecule has 0 saturated carbocycles. The molecule has 676 valence electrons. The van der Waals surface area contributed by atoms with E-state index < -0.39 is 255 Å². The van der Waals surface area contributed by atoms with Crippen LogP contribution in [0.5, 0.6) is 0 Å². The van der Waals surface area contributed by atoms with Gasteiger partial charge in [0, 0.05) is 84.1 Å². The molecule has 0 aromatic carbocycles. The maximum atomic E-state index is 14.8. The van der Waals surface area contributed by atoms with Crippen molar-refractivity contribution < 1.29 is 106 Å². The first-order valence-electron chi connectivity index (χ1n) is 41.5. The molecule has 7 aliphatic heterocycles. The van der Waals surface area contributed by atoms with Crippen molar-refractivity contribution in [3.63, 3.8) is 0 Å². The van der Waals surface area contributed by atoms with Crippen molar-refractivity contribution in [1.29, 1.82) is 5.41 Å². The molecule has 8 rings (SSSR count). The van der Waals surface area contributed by atoms with Gasteiger partial charge >= 0.3 is 5.97 Å². The number of guanidine groups is 1. The summed E-state index contributed by atoms with van der Waals surface area (Å²) in [6, 6.07) is -16.0. The average molecular weight is 1730 g/mol. The number of carboxylic acids is 1. The summed E-state index contributed by atoms with van der Waals surface area (Å²) in [6.45, 7) is -1.70. The molecule has 1 aromatic heterocycles. The summed E-state index contributed by atoms with van der Waals surface area (Å²) >= 11 is 0. The highest BCUT2D eigenvalue weighted by atomic mass is 16.4. The number of carbonyl (C=O) groups is 21. The van der Waals surface area contributed by atoms with Crippen LogP contribution in [0.2, 0.25) is 0 Å². The maximum Gasteiger partial charge on any atom is 0.326 e. The van der Waals surface area contributed by atoms with Gasteiger partial charge in [0.05, 0.1) is 44.2 Å². The van der Waals surface area contributed by atoms with Crippen molar-refractivity contribution in [2.24, 2.45) is 28.7 Å². The van der Waals surface area contributed by atoms with Crippen LogP contribution in [0.1, 0.15) is 160 Å². The summed E-state index contributed by atoms with van der Waals surface area (Å²) in [7, 11) is 0. The Morgan fingerprint density at radius 1 is 0.407 bits per heavy atom. The molecule has 123 heavy (non-hydrogen) atoms. The lowest BCUT2D eigenvalue weighted by molar-refractivity contribution is -0.153. The van der Waals surface area contributed by atoms with Crippen LogP contribution in [0, 0.1) is 5.41 Å². The molecule has 7 saturated heterocycles. The first kappa shape index (κ1) is 95.8. The minimum absolute atomic E-state index is 0.0451. The monoisotopic (exact) mass is 1730 g/mol. The highest BCUT2D eigenvalue weighted by Gasteiger charge is 2.50. The Morgan fingerprint density at radius 3 is 1.22 bits per heavy atom. The van der Waals surface area contributed by atoms with Crippen LogP contribution in [0.15, 0.2) is 12.5 Å². The minimum Gasteiger partial charge on any atom is -0.480 e. The van der Waals surface area contributed by atoms with Gasteiger partial charge in [-0.05, 0) is 135 Å². The summed E-state index contributed by atoms with van der Waals surface area (Å²) < 4.78 is 0. The molecule has 0 spiro atoms. The standard InChI is InChI=1S/C75H114N26O22/c76-54(102)21-17-42(93-66(114)45(20-24-57(79)105)95-68(116)49-12-3-28-97(49)70(118)50-13-5-27-96(50)61(109)38-88-64(112)43(18-22-55(77)103)92-65(113)41-9-1-25-83-41)62(110)86-35-58(106)85-36-59(107)91-47(33-40-34-82-39-89-40)69(117)99-30-6-14-51(99)72(120)101-32-8-16-53(101)73(121)100-31-7-15-52(100)71(119)98-29-4-11-48(98)67(115)94-44(19-23-56(78)104)63(111)87-37-60(108)90-46(74(122)123)10-2-26-84-75(80)81/h34,39,41-53,83H,1-33,35-38H2,(H2,76,102)(H2,77,103)(H2,78,104)(H2,79,105)(H,82,89)(H,85,106)(H,86,110)(H,87,111)(H,88,112)(H,90,108)(H,91,107)(H,92,113)(H,93,114)(H,94,115)(H,95,116)(H,122,123)(H4,80,81,84)/t41-,42-,43-,44-,45-,46-,47-,48-,49-,50-,51-,52-,53-/m0/s1. The van der Waals surface area contributed by atoms with Gasteiger partial charge in [-0.15, -0.1) is 0 Å². The molecule has 13 atom stereocenters. The van der Waals surface area contributed by atoms with Gasteiger partial charge in [0.2, 0.25) is 118 Å². The Morgan fingerprint density at radius 2 is 0.789 bits per heavy atom. The normalized spacial score (nSPS) is 21.2. The number of imidazole rings is 1. The number of carboxylic acid groups (broad SMARTS) is 1. The Kier molecular flexibility index (Phi) is 36.1. The van der Waals surface area contributed by atoms with E-state index in [1.54, 1.807) is 0 Å². The Hall–Kier alpha value is -12.7. The van der Waals surface area contributed by atoms with Crippen LogP contribution >= 0.6 is 0 Å². The molecule has 48 heteroatoms. The van der Waals surface area contributed by atoms with Gasteiger partial charge in [0.15, 0.2) is 5.96 Å². The van der Waals surface area contributed by atoms with Crippen molar-refractivity contribution in [3.05, 3.63) is 18.2 Å². The number of amides is 20. The molecule has 7 fully saturated rings. The number of hydrogen-bond acceptors (Lipinski definition) is 24. The summed E-state index contributed by atoms with van der Waals surface area (Å²) in [6.07, 6.45) is 4.10. The molecule has 25 N–H and O–H groups in total. The molecule has 0 aliphatic carbocycles. The van der Waals surface area contributed by atoms with Crippen LogP contribution in [0.4, 0.5) is 0 Å². The van der Waals surface area contributed by atoms with Gasteiger partial charge in [0.1, 0.15) is 72.5 Å². The van der Waals surface area contributed by atoms with E-state index in [4.69, 9.17) is 34.1 Å². The second-order valence-electron chi connectivity index (χ2n) is 31.4. The third-order valence-corrected chi connectivity index (χ3v) is 22.6. The molecule has 20 amide bonds. The van der Waals surface area contributed by atoms with E-state index in [-0.39, 0.29) is 135 Å². The number of hydrogen-bond donors (Lipinski definition) is 20. The van der Waals surface area contributed by atoms with E-state index in [1.807, 2.05) is 0 Å². The first-order valence-corrected chi connectivity index (χ1v) is 41.5. The topological polar surface area (TPSA) is 725 Å². The molecule has 48 nitrogen and oxygen atoms in total. The van der Waals surface area contributed by atoms with Crippen LogP contribution < -0.4 is 92.5 Å². The molecule has 1 aromatic rings. The minimum atomic E-state index is -1.64. The summed E-state index contributed by atoms with van der Waals surface area (Å²) in [5, 5.41) is 46.9. The predicted molar refractivity (Wildman–Crippen MR) is 426 cm³/mol. The average Bonchev–Trinajstić information content (AvgIpc) is 1.65. The molecule has 0 unspecified atom stereocenters. The fourth-order valence-electron chi connectivity index (χ4n) is 16.3. The lowest BCUT2D eigenvalue weighted by Crippen LogP contribution is -2.59. The Balaban J connectivity index is 0.829. The van der Waals surface area contributed by atoms with E-state index in [2.05, 4.69) is 73.8 Å². The fourth-order valence-corrected chi connectivity index (χ4v) is 16.3. The van der Waals surface area contributed by atoms with Gasteiger partial charge < -0.3 is 132 Å². The van der Waals surface area contributed by atoms with Crippen molar-refractivity contribution in [1.82, 2.24) is 103 Å². The smallest absolute Gasteiger partial charge is 0.326 e. The number of nitrogens with one attached hydrogen (secondary N) is 14. The number of likely N-dealkylation sites (tertiary alicyclic amines) is 6. The van der Waals surface area contributed by atoms with Gasteiger partial charge in [-0.25, -0.2) is 9.78 Å². The molecular formula is C75H114N26O22. The Bertz CT molecular complexity index is 4110.